The number of benzene rings is 3. The fourth-order valence-electron chi connectivity index (χ4n) is 3.79. The predicted molar refractivity (Wildman–Crippen MR) is 159 cm³/mol. The third kappa shape index (κ3) is 7.32. The van der Waals surface area contributed by atoms with E-state index in [9.17, 15) is 9.59 Å². The fourth-order valence-corrected chi connectivity index (χ4v) is 3.97. The van der Waals surface area contributed by atoms with Crippen molar-refractivity contribution in [1.29, 1.82) is 0 Å². The van der Waals surface area contributed by atoms with E-state index in [0.717, 1.165) is 23.2 Å². The van der Waals surface area contributed by atoms with Gasteiger partial charge in [0.25, 0.3) is 5.91 Å². The molecule has 0 aliphatic rings. The molecule has 0 bridgehead atoms. The van der Waals surface area contributed by atoms with Crippen LogP contribution >= 0.6 is 12.0 Å². The number of carbonyl (C=O) groups is 2. The summed E-state index contributed by atoms with van der Waals surface area (Å²) in [6.07, 6.45) is 3.13. The lowest BCUT2D eigenvalue weighted by molar-refractivity contribution is 0.102. The average Bonchev–Trinajstić information content (AvgIpc) is 2.91. The molecule has 0 spiro atoms. The van der Waals surface area contributed by atoms with E-state index in [1.54, 1.807) is 48.7 Å². The van der Waals surface area contributed by atoms with Crippen molar-refractivity contribution in [3.63, 3.8) is 0 Å². The Bertz CT molecular complexity index is 1370. The minimum atomic E-state index is -0.372. The minimum Gasteiger partial charge on any atom is -0.492 e. The summed E-state index contributed by atoms with van der Waals surface area (Å²) in [6, 6.07) is 17.6. The van der Waals surface area contributed by atoms with Crippen LogP contribution in [0.15, 0.2) is 72.6 Å². The molecule has 10 heteroatoms. The summed E-state index contributed by atoms with van der Waals surface area (Å²) in [6.45, 7) is 8.07. The summed E-state index contributed by atoms with van der Waals surface area (Å²) in [7, 11) is 1.52. The fraction of sp³-hybridized carbons (Fsp3) is 0.241. The Morgan fingerprint density at radius 2 is 1.67 bits per heavy atom. The molecule has 0 unspecified atom stereocenters. The lowest BCUT2D eigenvalue weighted by Gasteiger charge is -2.24. The van der Waals surface area contributed by atoms with Crippen LogP contribution in [0, 0.1) is 6.92 Å². The van der Waals surface area contributed by atoms with Gasteiger partial charge in [0.15, 0.2) is 5.75 Å². The molecule has 1 amide bonds. The van der Waals surface area contributed by atoms with Crippen molar-refractivity contribution in [3.8, 4) is 5.75 Å². The summed E-state index contributed by atoms with van der Waals surface area (Å²) >= 11 is 1.15. The van der Waals surface area contributed by atoms with E-state index in [-0.39, 0.29) is 22.8 Å². The molecule has 6 N–H and O–H groups in total. The standard InChI is InChI=1S/C29H35N5O4S/c1-18-12-13-20(14-25(18)34(31)17-22(30)26(35)19-10-8-7-9-11-19)28(36)32-23-15-21(29(2,3)4)16-24(27(23)37-5)33-38-39-6/h7-17,33H,30-31H2,1-6H3,(H,32,36)/b22-17-. The maximum absolute atomic E-state index is 13.4. The van der Waals surface area contributed by atoms with Crippen LogP contribution < -0.4 is 32.1 Å². The van der Waals surface area contributed by atoms with E-state index in [0.29, 0.717) is 33.9 Å². The molecule has 3 rings (SSSR count). The smallest absolute Gasteiger partial charge is 0.255 e. The number of hydrogen-bond acceptors (Lipinski definition) is 9. The first-order chi connectivity index (χ1) is 18.5. The quantitative estimate of drug-likeness (QED) is 0.0846. The Morgan fingerprint density at radius 3 is 2.28 bits per heavy atom. The van der Waals surface area contributed by atoms with E-state index in [4.69, 9.17) is 20.6 Å². The third-order valence-corrected chi connectivity index (χ3v) is 6.22. The number of nitrogens with one attached hydrogen (secondary N) is 2. The first-order valence-corrected chi connectivity index (χ1v) is 13.3. The molecule has 3 aromatic rings. The van der Waals surface area contributed by atoms with Crippen LogP contribution in [0.3, 0.4) is 0 Å². The summed E-state index contributed by atoms with van der Waals surface area (Å²) in [4.78, 5) is 26.1. The van der Waals surface area contributed by atoms with E-state index in [1.807, 2.05) is 25.1 Å². The van der Waals surface area contributed by atoms with Gasteiger partial charge in [-0.3, -0.25) is 20.1 Å². The van der Waals surface area contributed by atoms with Gasteiger partial charge in [-0.05, 0) is 47.7 Å². The van der Waals surface area contributed by atoms with Crippen molar-refractivity contribution in [2.45, 2.75) is 33.1 Å². The molecule has 9 nitrogen and oxygen atoms in total. The van der Waals surface area contributed by atoms with Crippen LogP contribution in [0.4, 0.5) is 17.1 Å². The number of aryl methyl sites for hydroxylation is 1. The van der Waals surface area contributed by atoms with E-state index >= 15 is 0 Å². The van der Waals surface area contributed by atoms with Crippen molar-refractivity contribution in [3.05, 3.63) is 94.8 Å². The maximum Gasteiger partial charge on any atom is 0.255 e. The Hall–Kier alpha value is -3.99. The lowest BCUT2D eigenvalue weighted by Crippen LogP contribution is -2.29. The van der Waals surface area contributed by atoms with Gasteiger partial charge < -0.3 is 15.8 Å². The zero-order valence-electron chi connectivity index (χ0n) is 23.0. The van der Waals surface area contributed by atoms with Gasteiger partial charge in [-0.15, -0.1) is 0 Å². The Balaban J connectivity index is 1.92. The van der Waals surface area contributed by atoms with E-state index < -0.39 is 0 Å². The molecule has 0 saturated heterocycles. The maximum atomic E-state index is 13.4. The highest BCUT2D eigenvalue weighted by atomic mass is 32.2. The van der Waals surface area contributed by atoms with Crippen LogP contribution in [0.2, 0.25) is 0 Å². The van der Waals surface area contributed by atoms with Crippen molar-refractivity contribution in [2.24, 2.45) is 11.6 Å². The molecule has 3 aromatic carbocycles. The van der Waals surface area contributed by atoms with Crippen LogP contribution in [0.5, 0.6) is 5.75 Å². The van der Waals surface area contributed by atoms with E-state index in [1.165, 1.54) is 18.3 Å². The Kier molecular flexibility index (Phi) is 9.63. The molecule has 0 saturated carbocycles. The normalized spacial score (nSPS) is 11.6. The molecule has 0 fully saturated rings. The predicted octanol–water partition coefficient (Wildman–Crippen LogP) is 5.54. The zero-order valence-corrected chi connectivity index (χ0v) is 23.8. The number of rotatable bonds is 10. The Labute approximate surface area is 233 Å². The molecular formula is C29H35N5O4S. The average molecular weight is 550 g/mol. The highest BCUT2D eigenvalue weighted by Crippen LogP contribution is 2.39. The van der Waals surface area contributed by atoms with Gasteiger partial charge in [0.1, 0.15) is 5.69 Å². The molecule has 0 heterocycles. The minimum absolute atomic E-state index is 0.0332. The molecule has 0 aliphatic heterocycles. The molecule has 0 radical (unpaired) electrons. The number of Topliss-reactive ketones (excluding diaryl/α,β-unsaturated/α-hetero) is 1. The van der Waals surface area contributed by atoms with Crippen molar-refractivity contribution >= 4 is 40.8 Å². The highest BCUT2D eigenvalue weighted by molar-refractivity contribution is 7.93. The Morgan fingerprint density at radius 1 is 1.00 bits per heavy atom. The monoisotopic (exact) mass is 549 g/mol. The van der Waals surface area contributed by atoms with Gasteiger partial charge in [0.05, 0.1) is 24.2 Å². The number of allylic oxidation sites excluding steroid dienone is 1. The summed E-state index contributed by atoms with van der Waals surface area (Å²) in [5, 5.41) is 4.19. The molecule has 0 aliphatic carbocycles. The SMILES string of the molecule is COc1c(NOSC)cc(C(C)(C)C)cc1NC(=O)c1ccc(C)c(N(N)/C=C(\N)C(=O)c2ccccc2)c1. The number of hydrogen-bond donors (Lipinski definition) is 4. The second-order valence-electron chi connectivity index (χ2n) is 9.85. The highest BCUT2D eigenvalue weighted by Gasteiger charge is 2.22. The van der Waals surface area contributed by atoms with Crippen LogP contribution in [-0.4, -0.2) is 25.1 Å². The zero-order chi connectivity index (χ0) is 28.7. The van der Waals surface area contributed by atoms with E-state index in [2.05, 4.69) is 31.6 Å². The summed E-state index contributed by atoms with van der Waals surface area (Å²) < 4.78 is 10.9. The van der Waals surface area contributed by atoms with Crippen molar-refractivity contribution in [1.82, 2.24) is 0 Å². The number of nitrogens with zero attached hydrogens (tertiary/aromatic N) is 1. The van der Waals surface area contributed by atoms with Crippen LogP contribution in [-0.2, 0) is 9.70 Å². The van der Waals surface area contributed by atoms with Gasteiger partial charge >= 0.3 is 0 Å². The summed E-state index contributed by atoms with van der Waals surface area (Å²) in [5.41, 5.74) is 12.8. The number of nitrogens with two attached hydrogens (primary N) is 2. The van der Waals surface area contributed by atoms with Gasteiger partial charge in [0.2, 0.25) is 5.78 Å². The van der Waals surface area contributed by atoms with Gasteiger partial charge in [-0.2, -0.15) is 0 Å². The molecule has 0 atom stereocenters. The third-order valence-electron chi connectivity index (χ3n) is 5.97. The molecule has 206 valence electrons. The van der Waals surface area contributed by atoms with Gasteiger partial charge in [-0.1, -0.05) is 57.2 Å². The number of methoxy groups -OCH3 is 1. The number of ketones is 1. The molecule has 39 heavy (non-hydrogen) atoms. The second-order valence-corrected chi connectivity index (χ2v) is 10.3. The van der Waals surface area contributed by atoms with Crippen LogP contribution in [0.25, 0.3) is 0 Å². The molecule has 0 aromatic heterocycles. The molecular weight excluding hydrogens is 514 g/mol. The van der Waals surface area contributed by atoms with Crippen molar-refractivity contribution in [2.75, 3.05) is 29.2 Å². The largest absolute Gasteiger partial charge is 0.492 e. The van der Waals surface area contributed by atoms with Crippen molar-refractivity contribution < 1.29 is 18.6 Å². The van der Waals surface area contributed by atoms with Gasteiger partial charge in [0, 0.05) is 35.6 Å². The first kappa shape index (κ1) is 29.6. The number of amides is 1. The number of carbonyl (C=O) groups excluding carboxylic acids is 2. The second kappa shape index (κ2) is 12.7. The lowest BCUT2D eigenvalue weighted by atomic mass is 9.86. The number of hydrazine groups is 1. The van der Waals surface area contributed by atoms with Crippen LogP contribution in [0.1, 0.15) is 52.6 Å². The first-order valence-electron chi connectivity index (χ1n) is 12.2. The topological polar surface area (TPSA) is 132 Å². The summed E-state index contributed by atoms with van der Waals surface area (Å²) in [5.74, 6) is 5.97. The number of ether oxygens (including phenoxy) is 1. The van der Waals surface area contributed by atoms with Gasteiger partial charge in [-0.25, -0.2) is 10.1 Å². The number of anilines is 3.